The van der Waals surface area contributed by atoms with Gasteiger partial charge in [0.05, 0.1) is 52.7 Å². The normalized spacial score (nSPS) is 15.1. The molecule has 1 atom stereocenters. The number of halogens is 1. The second kappa shape index (κ2) is 12.3. The predicted molar refractivity (Wildman–Crippen MR) is 156 cm³/mol. The topological polar surface area (TPSA) is 109 Å². The van der Waals surface area contributed by atoms with Gasteiger partial charge in [-0.3, -0.25) is 9.36 Å². The van der Waals surface area contributed by atoms with E-state index in [1.54, 1.807) is 44.2 Å². The van der Waals surface area contributed by atoms with Gasteiger partial charge in [-0.1, -0.05) is 17.4 Å². The third kappa shape index (κ3) is 5.80. The Balaban J connectivity index is 1.94. The van der Waals surface area contributed by atoms with Gasteiger partial charge in [0, 0.05) is 0 Å². The maximum atomic E-state index is 13.9. The molecule has 0 amide bonds. The lowest BCUT2D eigenvalue weighted by Crippen LogP contribution is -2.40. The first-order valence-electron chi connectivity index (χ1n) is 12.8. The Bertz CT molecular complexity index is 1660. The number of thiazole rings is 1. The van der Waals surface area contributed by atoms with Gasteiger partial charge >= 0.3 is 5.97 Å². The average molecular weight is 632 g/mol. The number of allylic oxidation sites excluding steroid dienone is 1. The van der Waals surface area contributed by atoms with Gasteiger partial charge in [0.2, 0.25) is 0 Å². The number of phenolic OH excluding ortho intramolecular Hbond substituents is 1. The van der Waals surface area contributed by atoms with Crippen LogP contribution in [0.15, 0.2) is 55.9 Å². The first-order chi connectivity index (χ1) is 19.1. The van der Waals surface area contributed by atoms with Crippen molar-refractivity contribution in [2.24, 2.45) is 4.99 Å². The molecule has 2 heterocycles. The number of hydrogen-bond acceptors (Lipinski definition) is 9. The summed E-state index contributed by atoms with van der Waals surface area (Å²) in [5, 5.41) is 10.3. The number of rotatable bonds is 9. The van der Waals surface area contributed by atoms with Crippen LogP contribution in [-0.2, 0) is 9.53 Å². The van der Waals surface area contributed by atoms with Crippen molar-refractivity contribution < 1.29 is 28.8 Å². The Morgan fingerprint density at radius 1 is 1.18 bits per heavy atom. The molecule has 0 spiro atoms. The molecule has 1 aromatic heterocycles. The number of carbonyl (C=O) groups excluding carboxylic acids is 1. The fourth-order valence-corrected chi connectivity index (χ4v) is 5.91. The fourth-order valence-electron chi connectivity index (χ4n) is 4.41. The van der Waals surface area contributed by atoms with Crippen LogP contribution in [0.2, 0.25) is 0 Å². The molecule has 0 saturated heterocycles. The minimum Gasteiger partial charge on any atom is -0.503 e. The molecular formula is C29H31BrN2O7S. The minimum absolute atomic E-state index is 0.0194. The number of ether oxygens (including phenoxy) is 4. The summed E-state index contributed by atoms with van der Waals surface area (Å²) in [6, 6.07) is 7.90. The van der Waals surface area contributed by atoms with Crippen LogP contribution in [-0.4, -0.2) is 42.1 Å². The molecule has 9 nitrogen and oxygen atoms in total. The predicted octanol–water partition coefficient (Wildman–Crippen LogP) is 4.46. The second-order valence-electron chi connectivity index (χ2n) is 9.16. The summed E-state index contributed by atoms with van der Waals surface area (Å²) in [4.78, 5) is 32.2. The van der Waals surface area contributed by atoms with Gasteiger partial charge in [0.1, 0.15) is 0 Å². The van der Waals surface area contributed by atoms with Crippen LogP contribution in [0.1, 0.15) is 51.8 Å². The molecule has 0 bridgehead atoms. The molecular weight excluding hydrogens is 600 g/mol. The van der Waals surface area contributed by atoms with Gasteiger partial charge in [-0.15, -0.1) is 0 Å². The Morgan fingerprint density at radius 2 is 1.93 bits per heavy atom. The number of hydrogen-bond donors (Lipinski definition) is 1. The Morgan fingerprint density at radius 3 is 2.58 bits per heavy atom. The average Bonchev–Trinajstić information content (AvgIpc) is 3.20. The zero-order valence-electron chi connectivity index (χ0n) is 23.1. The molecule has 4 rings (SSSR count). The number of methoxy groups -OCH3 is 1. The van der Waals surface area contributed by atoms with Crippen molar-refractivity contribution in [1.82, 2.24) is 4.57 Å². The third-order valence-corrected chi connectivity index (χ3v) is 7.62. The zero-order valence-corrected chi connectivity index (χ0v) is 25.5. The van der Waals surface area contributed by atoms with E-state index in [1.165, 1.54) is 23.0 Å². The highest BCUT2D eigenvalue weighted by molar-refractivity contribution is 9.10. The summed E-state index contributed by atoms with van der Waals surface area (Å²) in [5.41, 5.74) is 1.69. The number of aromatic nitrogens is 1. The first-order valence-corrected chi connectivity index (χ1v) is 14.4. The molecule has 0 saturated carbocycles. The highest BCUT2D eigenvalue weighted by Gasteiger charge is 2.34. The van der Waals surface area contributed by atoms with E-state index in [9.17, 15) is 14.7 Å². The SMILES string of the molecule is CCOC(=O)C1=C(C)N=c2s/c(=C\c3cc(Br)c(O)c(OCC)c3)c(=O)n2[C@@H]1c1ccc(OC(C)C)c(OC)c1. The third-order valence-electron chi connectivity index (χ3n) is 6.03. The molecule has 0 aliphatic carbocycles. The molecule has 1 N–H and O–H groups in total. The molecule has 212 valence electrons. The van der Waals surface area contributed by atoms with Crippen molar-refractivity contribution in [3.8, 4) is 23.0 Å². The van der Waals surface area contributed by atoms with E-state index < -0.39 is 12.0 Å². The van der Waals surface area contributed by atoms with Crippen molar-refractivity contribution in [3.05, 3.63) is 76.9 Å². The summed E-state index contributed by atoms with van der Waals surface area (Å²) >= 11 is 4.55. The Labute approximate surface area is 244 Å². The van der Waals surface area contributed by atoms with Crippen molar-refractivity contribution in [2.45, 2.75) is 46.8 Å². The van der Waals surface area contributed by atoms with Gasteiger partial charge in [0.15, 0.2) is 27.8 Å². The molecule has 40 heavy (non-hydrogen) atoms. The van der Waals surface area contributed by atoms with E-state index in [1.807, 2.05) is 26.8 Å². The largest absolute Gasteiger partial charge is 0.503 e. The number of fused-ring (bicyclic) bond motifs is 1. The minimum atomic E-state index is -0.801. The maximum Gasteiger partial charge on any atom is 0.338 e. The molecule has 1 aliphatic heterocycles. The molecule has 0 radical (unpaired) electrons. The van der Waals surface area contributed by atoms with Crippen molar-refractivity contribution in [1.29, 1.82) is 0 Å². The smallest absolute Gasteiger partial charge is 0.338 e. The van der Waals surface area contributed by atoms with Crippen LogP contribution in [0.3, 0.4) is 0 Å². The lowest BCUT2D eigenvalue weighted by molar-refractivity contribution is -0.139. The van der Waals surface area contributed by atoms with Gasteiger partial charge in [-0.05, 0) is 92.0 Å². The van der Waals surface area contributed by atoms with Crippen LogP contribution < -0.4 is 29.1 Å². The first kappa shape index (κ1) is 29.4. The van der Waals surface area contributed by atoms with Crippen LogP contribution in [0.4, 0.5) is 0 Å². The van der Waals surface area contributed by atoms with E-state index in [0.717, 1.165) is 0 Å². The number of nitrogens with zero attached hydrogens (tertiary/aromatic N) is 2. The maximum absolute atomic E-state index is 13.9. The lowest BCUT2D eigenvalue weighted by atomic mass is 9.95. The molecule has 3 aromatic rings. The van der Waals surface area contributed by atoms with Gasteiger partial charge in [0.25, 0.3) is 5.56 Å². The van der Waals surface area contributed by atoms with Crippen molar-refractivity contribution >= 4 is 39.3 Å². The van der Waals surface area contributed by atoms with Crippen LogP contribution in [0.5, 0.6) is 23.0 Å². The highest BCUT2D eigenvalue weighted by Crippen LogP contribution is 2.37. The quantitative estimate of drug-likeness (QED) is 0.348. The van der Waals surface area contributed by atoms with Gasteiger partial charge in [-0.25, -0.2) is 9.79 Å². The van der Waals surface area contributed by atoms with Crippen molar-refractivity contribution in [2.75, 3.05) is 20.3 Å². The number of aromatic hydroxyl groups is 1. The van der Waals surface area contributed by atoms with Gasteiger partial charge < -0.3 is 24.1 Å². The number of benzene rings is 2. The van der Waals surface area contributed by atoms with E-state index in [2.05, 4.69) is 20.9 Å². The van der Waals surface area contributed by atoms with E-state index in [4.69, 9.17) is 18.9 Å². The summed E-state index contributed by atoms with van der Waals surface area (Å²) in [5.74, 6) is 0.756. The standard InChI is InChI=1S/C29H31BrN2O7S/c1-7-37-22-12-17(11-19(30)26(22)33)13-23-27(34)32-25(18-9-10-20(39-15(3)4)21(14-18)36-6)24(28(35)38-8-2)16(5)31-29(32)40-23/h9-15,25,33H,7-8H2,1-6H3/b23-13-/t25-/m1/s1. The molecule has 2 aromatic carbocycles. The fraction of sp³-hybridized carbons (Fsp3) is 0.345. The molecule has 0 unspecified atom stereocenters. The molecule has 1 aliphatic rings. The Hall–Kier alpha value is -3.57. The van der Waals surface area contributed by atoms with Crippen LogP contribution >= 0.6 is 27.3 Å². The number of phenols is 1. The molecule has 11 heteroatoms. The second-order valence-corrected chi connectivity index (χ2v) is 11.0. The van der Waals surface area contributed by atoms with Crippen LogP contribution in [0, 0.1) is 0 Å². The van der Waals surface area contributed by atoms with E-state index in [-0.39, 0.29) is 29.6 Å². The van der Waals surface area contributed by atoms with E-state index in [0.29, 0.717) is 54.5 Å². The lowest BCUT2D eigenvalue weighted by Gasteiger charge is -2.25. The number of esters is 1. The molecule has 0 fully saturated rings. The summed E-state index contributed by atoms with van der Waals surface area (Å²) in [6.45, 7) is 9.65. The summed E-state index contributed by atoms with van der Waals surface area (Å²) in [7, 11) is 1.54. The monoisotopic (exact) mass is 630 g/mol. The zero-order chi connectivity index (χ0) is 29.1. The summed E-state index contributed by atoms with van der Waals surface area (Å²) in [6.07, 6.45) is 1.63. The summed E-state index contributed by atoms with van der Waals surface area (Å²) < 4.78 is 24.7. The number of carbonyl (C=O) groups is 1. The van der Waals surface area contributed by atoms with Gasteiger partial charge in [-0.2, -0.15) is 0 Å². The van der Waals surface area contributed by atoms with E-state index >= 15 is 0 Å². The Kier molecular flexibility index (Phi) is 9.05. The van der Waals surface area contributed by atoms with Crippen molar-refractivity contribution in [3.63, 3.8) is 0 Å². The van der Waals surface area contributed by atoms with Crippen LogP contribution in [0.25, 0.3) is 6.08 Å². The highest BCUT2D eigenvalue weighted by atomic mass is 79.9.